The maximum Gasteiger partial charge on any atom is 0.0660 e. The molecule has 0 atom stereocenters. The number of benzene rings is 3. The van der Waals surface area contributed by atoms with Crippen LogP contribution in [0.3, 0.4) is 0 Å². The van der Waals surface area contributed by atoms with E-state index in [1.54, 1.807) is 0 Å². The van der Waals surface area contributed by atoms with E-state index in [9.17, 15) is 0 Å². The van der Waals surface area contributed by atoms with Crippen LogP contribution < -0.4 is 10.4 Å². The third-order valence-electron chi connectivity index (χ3n) is 5.41. The van der Waals surface area contributed by atoms with Crippen LogP contribution >= 0.6 is 102 Å². The second-order valence-electron chi connectivity index (χ2n) is 7.21. The minimum Gasteiger partial charge on any atom is -0.116 e. The lowest BCUT2D eigenvalue weighted by Crippen LogP contribution is -2.16. The number of alkyl halides is 2. The summed E-state index contributed by atoms with van der Waals surface area (Å²) >= 11 is 19.3. The van der Waals surface area contributed by atoms with Crippen molar-refractivity contribution < 1.29 is 0 Å². The molecule has 162 valence electrons. The van der Waals surface area contributed by atoms with E-state index in [4.69, 9.17) is 0 Å². The Kier molecular flexibility index (Phi) is 7.04. The molecule has 0 saturated carbocycles. The Balaban J connectivity index is 1.70. The lowest BCUT2D eigenvalue weighted by molar-refractivity contribution is 1.56. The van der Waals surface area contributed by atoms with E-state index in [0.717, 1.165) is 10.7 Å². The Morgan fingerprint density at radius 2 is 0.906 bits per heavy atom. The molecule has 3 aliphatic rings. The molecular weight excluding hydrogens is 640 g/mol. The summed E-state index contributed by atoms with van der Waals surface area (Å²) in [5.41, 5.74) is 0. The first kappa shape index (κ1) is 22.9. The van der Waals surface area contributed by atoms with Crippen molar-refractivity contribution in [3.63, 3.8) is 0 Å². The lowest BCUT2D eigenvalue weighted by Gasteiger charge is -2.11. The Morgan fingerprint density at radius 3 is 1.28 bits per heavy atom. The number of hydrogen-bond acceptors (Lipinski definition) is 6. The van der Waals surface area contributed by atoms with E-state index in [2.05, 4.69) is 80.4 Å². The Hall–Kier alpha value is 0.460. The molecule has 8 heteroatoms. The van der Waals surface area contributed by atoms with Crippen molar-refractivity contribution in [2.24, 2.45) is 0 Å². The SMILES string of the molecule is BrCC1=C(CBr)SC(=c2c3ccccc3c(=C3SC4=C(SCCS4)S3)c3ccccc23)S1. The van der Waals surface area contributed by atoms with Gasteiger partial charge in [-0.25, -0.2) is 0 Å². The van der Waals surface area contributed by atoms with Crippen molar-refractivity contribution in [2.75, 3.05) is 22.2 Å². The first-order valence-corrected chi connectivity index (χ1v) is 17.5. The van der Waals surface area contributed by atoms with Crippen molar-refractivity contribution in [3.8, 4) is 0 Å². The summed E-state index contributed by atoms with van der Waals surface area (Å²) in [6.07, 6.45) is 0. The fourth-order valence-electron chi connectivity index (χ4n) is 4.05. The molecule has 0 bridgehead atoms. The monoisotopic (exact) mass is 654 g/mol. The molecule has 0 saturated heterocycles. The molecule has 0 unspecified atom stereocenters. The highest BCUT2D eigenvalue weighted by atomic mass is 79.9. The molecule has 0 aromatic heterocycles. The van der Waals surface area contributed by atoms with Crippen LogP contribution in [-0.4, -0.2) is 22.2 Å². The third-order valence-corrected chi connectivity index (χ3v) is 15.7. The average molecular weight is 657 g/mol. The van der Waals surface area contributed by atoms with Gasteiger partial charge in [0.1, 0.15) is 0 Å². The predicted octanol–water partition coefficient (Wildman–Crippen LogP) is 8.69. The lowest BCUT2D eigenvalue weighted by atomic mass is 9.99. The molecule has 0 aliphatic carbocycles. The second kappa shape index (κ2) is 9.84. The Bertz CT molecular complexity index is 1260. The maximum atomic E-state index is 3.70. The largest absolute Gasteiger partial charge is 0.116 e. The van der Waals surface area contributed by atoms with Crippen LogP contribution in [0.4, 0.5) is 0 Å². The number of halogens is 2. The van der Waals surface area contributed by atoms with Gasteiger partial charge in [-0.3, -0.25) is 0 Å². The number of rotatable bonds is 2. The van der Waals surface area contributed by atoms with Gasteiger partial charge in [-0.05, 0) is 21.5 Å². The zero-order chi connectivity index (χ0) is 21.7. The summed E-state index contributed by atoms with van der Waals surface area (Å²) in [5, 5.41) is 10.1. The third kappa shape index (κ3) is 3.98. The van der Waals surface area contributed by atoms with Gasteiger partial charge in [0.2, 0.25) is 0 Å². The van der Waals surface area contributed by atoms with Gasteiger partial charge < -0.3 is 0 Å². The van der Waals surface area contributed by atoms with E-state index >= 15 is 0 Å². The highest BCUT2D eigenvalue weighted by Crippen LogP contribution is 2.60. The van der Waals surface area contributed by atoms with Crippen molar-refractivity contribution >= 4 is 132 Å². The zero-order valence-corrected chi connectivity index (χ0v) is 24.7. The van der Waals surface area contributed by atoms with Crippen LogP contribution in [0.2, 0.25) is 0 Å². The molecule has 3 aromatic carbocycles. The van der Waals surface area contributed by atoms with Gasteiger partial charge in [-0.15, -0.1) is 23.5 Å². The minimum absolute atomic E-state index is 0.904. The summed E-state index contributed by atoms with van der Waals surface area (Å²) in [7, 11) is 0. The van der Waals surface area contributed by atoms with Crippen molar-refractivity contribution in [3.05, 3.63) is 77.3 Å². The molecule has 0 nitrogen and oxygen atoms in total. The number of hydrogen-bond donors (Lipinski definition) is 0. The van der Waals surface area contributed by atoms with E-state index in [1.807, 2.05) is 70.6 Å². The average Bonchev–Trinajstić information content (AvgIpc) is 3.46. The second-order valence-corrected chi connectivity index (χ2v) is 15.8. The molecule has 0 fully saturated rings. The summed E-state index contributed by atoms with van der Waals surface area (Å²) in [6.45, 7) is 0. The molecule has 6 rings (SSSR count). The van der Waals surface area contributed by atoms with Crippen LogP contribution in [0.15, 0.2) is 66.8 Å². The number of thioether (sulfide) groups is 6. The van der Waals surface area contributed by atoms with E-state index in [1.165, 1.54) is 70.2 Å². The van der Waals surface area contributed by atoms with Crippen molar-refractivity contribution in [2.45, 2.75) is 0 Å². The molecule has 0 radical (unpaired) electrons. The fraction of sp³-hybridized carbons (Fsp3) is 0.167. The standard InChI is InChI=1S/C24H16Br2S6/c25-11-17-18(12-26)30-21(29-17)19-13-5-1-3-7-15(13)20(16-8-4-2-6-14(16)19)22-31-23-24(32-22)28-10-9-27-23/h1-8H,9-12H2. The van der Waals surface area contributed by atoms with Crippen LogP contribution in [0.1, 0.15) is 0 Å². The van der Waals surface area contributed by atoms with Gasteiger partial charge in [0.25, 0.3) is 0 Å². The molecule has 32 heavy (non-hydrogen) atoms. The first-order valence-electron chi connectivity index (χ1n) is 10.0. The zero-order valence-electron chi connectivity index (χ0n) is 16.7. The molecule has 0 spiro atoms. The topological polar surface area (TPSA) is 0 Å². The number of allylic oxidation sites excluding steroid dienone is 2. The van der Waals surface area contributed by atoms with Gasteiger partial charge >= 0.3 is 0 Å². The van der Waals surface area contributed by atoms with Crippen molar-refractivity contribution in [1.29, 1.82) is 0 Å². The fourth-order valence-corrected chi connectivity index (χ4v) is 14.5. The van der Waals surface area contributed by atoms with E-state index in [0.29, 0.717) is 0 Å². The van der Waals surface area contributed by atoms with Crippen LogP contribution in [0.5, 0.6) is 0 Å². The normalized spacial score (nSPS) is 19.1. The summed E-state index contributed by atoms with van der Waals surface area (Å²) in [6, 6.07) is 18.0. The van der Waals surface area contributed by atoms with Gasteiger partial charge in [-0.1, -0.05) is 127 Å². The van der Waals surface area contributed by atoms with Crippen LogP contribution in [0, 0.1) is 0 Å². The van der Waals surface area contributed by atoms with Gasteiger partial charge in [0.15, 0.2) is 0 Å². The van der Waals surface area contributed by atoms with Crippen LogP contribution in [0.25, 0.3) is 30.0 Å². The smallest absolute Gasteiger partial charge is 0.0660 e. The molecule has 3 heterocycles. The van der Waals surface area contributed by atoms with Crippen LogP contribution in [-0.2, 0) is 0 Å². The maximum absolute atomic E-state index is 3.70. The van der Waals surface area contributed by atoms with E-state index in [-0.39, 0.29) is 0 Å². The Labute approximate surface area is 229 Å². The highest BCUT2D eigenvalue weighted by molar-refractivity contribution is 9.09. The quantitative estimate of drug-likeness (QED) is 0.199. The molecule has 3 aliphatic heterocycles. The van der Waals surface area contributed by atoms with Crippen molar-refractivity contribution in [1.82, 2.24) is 0 Å². The van der Waals surface area contributed by atoms with Gasteiger partial charge in [-0.2, -0.15) is 0 Å². The molecule has 0 amide bonds. The Morgan fingerprint density at radius 1 is 0.531 bits per heavy atom. The number of fused-ring (bicyclic) bond motifs is 2. The molecule has 3 aromatic rings. The first-order chi connectivity index (χ1) is 15.8. The van der Waals surface area contributed by atoms with Gasteiger partial charge in [0.05, 0.1) is 16.9 Å². The molecule has 0 N–H and O–H groups in total. The highest BCUT2D eigenvalue weighted by Gasteiger charge is 2.27. The minimum atomic E-state index is 0.904. The summed E-state index contributed by atoms with van der Waals surface area (Å²) < 4.78 is 5.84. The van der Waals surface area contributed by atoms with E-state index < -0.39 is 0 Å². The summed E-state index contributed by atoms with van der Waals surface area (Å²) in [5.74, 6) is 2.44. The molecular formula is C24H16Br2S6. The summed E-state index contributed by atoms with van der Waals surface area (Å²) in [4.78, 5) is 2.84. The van der Waals surface area contributed by atoms with Gasteiger partial charge in [0, 0.05) is 42.4 Å². The predicted molar refractivity (Wildman–Crippen MR) is 164 cm³/mol.